The molecule has 1 amide bonds. The van der Waals surface area contributed by atoms with Crippen molar-refractivity contribution in [2.24, 2.45) is 0 Å². The molecule has 1 aromatic rings. The van der Waals surface area contributed by atoms with Gasteiger partial charge in [0.1, 0.15) is 6.04 Å². The Morgan fingerprint density at radius 2 is 2.69 bits per heavy atom. The van der Waals surface area contributed by atoms with Crippen LogP contribution in [0.5, 0.6) is 0 Å². The molecule has 1 aromatic heterocycles. The second-order valence-electron chi connectivity index (χ2n) is 3.77. The van der Waals surface area contributed by atoms with Crippen molar-refractivity contribution >= 4 is 17.2 Å². The monoisotopic (exact) mass is 240 g/mol. The Morgan fingerprint density at radius 1 is 1.81 bits per heavy atom. The first-order chi connectivity index (χ1) is 7.81. The molecule has 2 N–H and O–H groups in total. The fraction of sp³-hybridized carbons (Fsp3) is 0.600. The van der Waals surface area contributed by atoms with Crippen LogP contribution < -0.4 is 10.6 Å². The number of piperazine rings is 1. The highest BCUT2D eigenvalue weighted by Gasteiger charge is 2.27. The molecule has 88 valence electrons. The van der Waals surface area contributed by atoms with Gasteiger partial charge >= 0.3 is 0 Å². The van der Waals surface area contributed by atoms with Gasteiger partial charge in [-0.1, -0.05) is 0 Å². The number of hydrogen-bond donors (Lipinski definition) is 2. The van der Waals surface area contributed by atoms with Crippen LogP contribution >= 0.6 is 11.3 Å². The van der Waals surface area contributed by atoms with Crippen LogP contribution in [0.15, 0.2) is 11.7 Å². The molecule has 1 atom stereocenters. The highest BCUT2D eigenvalue weighted by atomic mass is 32.1. The summed E-state index contributed by atoms with van der Waals surface area (Å²) in [5.41, 5.74) is 1.83. The van der Waals surface area contributed by atoms with Gasteiger partial charge in [-0.2, -0.15) is 0 Å². The van der Waals surface area contributed by atoms with E-state index in [1.807, 2.05) is 11.7 Å². The van der Waals surface area contributed by atoms with Gasteiger partial charge in [0.05, 0.1) is 5.51 Å². The number of nitrogens with zero attached hydrogens (tertiary/aromatic N) is 2. The van der Waals surface area contributed by atoms with Crippen molar-refractivity contribution in [1.29, 1.82) is 0 Å². The molecule has 5 nitrogen and oxygen atoms in total. The lowest BCUT2D eigenvalue weighted by Crippen LogP contribution is -2.56. The SMILES string of the molecule is CNC(=O)C1CNCCN1Cc1cncs1. The fourth-order valence-corrected chi connectivity index (χ4v) is 2.50. The second-order valence-corrected chi connectivity index (χ2v) is 4.74. The van der Waals surface area contributed by atoms with Crippen molar-refractivity contribution in [1.82, 2.24) is 20.5 Å². The summed E-state index contributed by atoms with van der Waals surface area (Å²) in [5, 5.41) is 5.96. The number of carbonyl (C=O) groups is 1. The van der Waals surface area contributed by atoms with Gasteiger partial charge in [0.25, 0.3) is 0 Å². The van der Waals surface area contributed by atoms with E-state index in [0.29, 0.717) is 0 Å². The summed E-state index contributed by atoms with van der Waals surface area (Å²) < 4.78 is 0. The predicted molar refractivity (Wildman–Crippen MR) is 63.2 cm³/mol. The van der Waals surface area contributed by atoms with Gasteiger partial charge in [-0.3, -0.25) is 14.7 Å². The zero-order valence-electron chi connectivity index (χ0n) is 9.27. The molecule has 1 fully saturated rings. The molecule has 2 rings (SSSR count). The summed E-state index contributed by atoms with van der Waals surface area (Å²) in [5.74, 6) is 0.0803. The molecule has 0 saturated carbocycles. The van der Waals surface area contributed by atoms with E-state index >= 15 is 0 Å². The maximum absolute atomic E-state index is 11.7. The predicted octanol–water partition coefficient (Wildman–Crippen LogP) is -0.337. The molecule has 1 unspecified atom stereocenters. The summed E-state index contributed by atoms with van der Waals surface area (Å²) in [7, 11) is 1.68. The summed E-state index contributed by atoms with van der Waals surface area (Å²) >= 11 is 1.63. The van der Waals surface area contributed by atoms with E-state index in [9.17, 15) is 4.79 Å². The van der Waals surface area contributed by atoms with E-state index in [2.05, 4.69) is 20.5 Å². The van der Waals surface area contributed by atoms with E-state index in [1.54, 1.807) is 18.4 Å². The average molecular weight is 240 g/mol. The minimum Gasteiger partial charge on any atom is -0.358 e. The van der Waals surface area contributed by atoms with Crippen molar-refractivity contribution in [3.63, 3.8) is 0 Å². The van der Waals surface area contributed by atoms with E-state index in [4.69, 9.17) is 0 Å². The van der Waals surface area contributed by atoms with Gasteiger partial charge < -0.3 is 10.6 Å². The lowest BCUT2D eigenvalue weighted by Gasteiger charge is -2.34. The van der Waals surface area contributed by atoms with Crippen LogP contribution in [0, 0.1) is 0 Å². The molecule has 1 saturated heterocycles. The first kappa shape index (κ1) is 11.5. The van der Waals surface area contributed by atoms with Gasteiger partial charge in [-0.05, 0) is 0 Å². The van der Waals surface area contributed by atoms with Crippen LogP contribution in [0.25, 0.3) is 0 Å². The quantitative estimate of drug-likeness (QED) is 0.759. The third kappa shape index (κ3) is 2.58. The molecular weight excluding hydrogens is 224 g/mol. The molecular formula is C10H16N4OS. The van der Waals surface area contributed by atoms with Crippen LogP contribution in [0.2, 0.25) is 0 Å². The highest BCUT2D eigenvalue weighted by Crippen LogP contribution is 2.13. The normalized spacial score (nSPS) is 21.9. The number of hydrogen-bond acceptors (Lipinski definition) is 5. The molecule has 6 heteroatoms. The van der Waals surface area contributed by atoms with Crippen LogP contribution in [0.4, 0.5) is 0 Å². The zero-order chi connectivity index (χ0) is 11.4. The standard InChI is InChI=1S/C10H16N4OS/c1-11-10(15)9-5-12-2-3-14(9)6-8-4-13-7-16-8/h4,7,9,12H,2-3,5-6H2,1H3,(H,11,15). The zero-order valence-corrected chi connectivity index (χ0v) is 10.1. The van der Waals surface area contributed by atoms with Crippen LogP contribution in [-0.2, 0) is 11.3 Å². The maximum atomic E-state index is 11.7. The maximum Gasteiger partial charge on any atom is 0.238 e. The van der Waals surface area contributed by atoms with Gasteiger partial charge in [-0.15, -0.1) is 11.3 Å². The molecule has 1 aliphatic heterocycles. The molecule has 0 spiro atoms. The number of likely N-dealkylation sites (N-methyl/N-ethyl adjacent to an activating group) is 1. The Kier molecular flexibility index (Phi) is 3.87. The largest absolute Gasteiger partial charge is 0.358 e. The second kappa shape index (κ2) is 5.38. The minimum atomic E-state index is -0.0687. The van der Waals surface area contributed by atoms with E-state index in [0.717, 1.165) is 26.2 Å². The average Bonchev–Trinajstić information content (AvgIpc) is 2.82. The number of aromatic nitrogens is 1. The van der Waals surface area contributed by atoms with E-state index in [-0.39, 0.29) is 11.9 Å². The third-order valence-electron chi connectivity index (χ3n) is 2.75. The Hall–Kier alpha value is -0.980. The van der Waals surface area contributed by atoms with E-state index < -0.39 is 0 Å². The first-order valence-electron chi connectivity index (χ1n) is 5.35. The Balaban J connectivity index is 2.02. The Bertz CT molecular complexity index is 341. The first-order valence-corrected chi connectivity index (χ1v) is 6.23. The Labute approximate surface area is 98.9 Å². The molecule has 0 radical (unpaired) electrons. The molecule has 16 heavy (non-hydrogen) atoms. The van der Waals surface area contributed by atoms with E-state index in [1.165, 1.54) is 4.88 Å². The molecule has 0 aliphatic carbocycles. The van der Waals surface area contributed by atoms with Gasteiger partial charge in [0.2, 0.25) is 5.91 Å². The van der Waals surface area contributed by atoms with Crippen molar-refractivity contribution in [3.8, 4) is 0 Å². The van der Waals surface area contributed by atoms with Crippen molar-refractivity contribution in [2.45, 2.75) is 12.6 Å². The van der Waals surface area contributed by atoms with Crippen molar-refractivity contribution < 1.29 is 4.79 Å². The molecule has 2 heterocycles. The number of carbonyl (C=O) groups excluding carboxylic acids is 1. The number of amides is 1. The summed E-state index contributed by atoms with van der Waals surface area (Å²) in [6, 6.07) is -0.0687. The number of rotatable bonds is 3. The smallest absolute Gasteiger partial charge is 0.238 e. The number of thiazole rings is 1. The minimum absolute atomic E-state index is 0.0687. The topological polar surface area (TPSA) is 57.3 Å². The van der Waals surface area contributed by atoms with Crippen LogP contribution in [0.3, 0.4) is 0 Å². The lowest BCUT2D eigenvalue weighted by molar-refractivity contribution is -0.126. The fourth-order valence-electron chi connectivity index (χ4n) is 1.88. The summed E-state index contributed by atoms with van der Waals surface area (Å²) in [6.07, 6.45) is 1.87. The van der Waals surface area contributed by atoms with Gasteiger partial charge in [0, 0.05) is 44.3 Å². The summed E-state index contributed by atoms with van der Waals surface area (Å²) in [6.45, 7) is 3.37. The van der Waals surface area contributed by atoms with Gasteiger partial charge in [0.15, 0.2) is 0 Å². The van der Waals surface area contributed by atoms with Crippen molar-refractivity contribution in [3.05, 3.63) is 16.6 Å². The van der Waals surface area contributed by atoms with Crippen LogP contribution in [0.1, 0.15) is 4.88 Å². The molecule has 1 aliphatic rings. The summed E-state index contributed by atoms with van der Waals surface area (Å²) in [4.78, 5) is 19.2. The van der Waals surface area contributed by atoms with Crippen LogP contribution in [-0.4, -0.2) is 48.5 Å². The van der Waals surface area contributed by atoms with Crippen molar-refractivity contribution in [2.75, 3.05) is 26.7 Å². The molecule has 0 bridgehead atoms. The lowest BCUT2D eigenvalue weighted by atomic mass is 10.1. The third-order valence-corrected chi connectivity index (χ3v) is 3.51. The molecule has 0 aromatic carbocycles. The van der Waals surface area contributed by atoms with Gasteiger partial charge in [-0.25, -0.2) is 0 Å². The number of nitrogens with one attached hydrogen (secondary N) is 2. The Morgan fingerprint density at radius 3 is 3.38 bits per heavy atom. The highest BCUT2D eigenvalue weighted by molar-refractivity contribution is 7.09.